The van der Waals surface area contributed by atoms with Gasteiger partial charge >= 0.3 is 0 Å². The molecular weight excluding hydrogens is 254 g/mol. The Morgan fingerprint density at radius 2 is 2.00 bits per heavy atom. The summed E-state index contributed by atoms with van der Waals surface area (Å²) in [5.41, 5.74) is 0.519. The van der Waals surface area contributed by atoms with Crippen LogP contribution in [0.2, 0.25) is 0 Å². The van der Waals surface area contributed by atoms with E-state index in [4.69, 9.17) is 10.00 Å². The molecule has 2 N–H and O–H groups in total. The van der Waals surface area contributed by atoms with Gasteiger partial charge in [-0.3, -0.25) is 0 Å². The Hall–Kier alpha value is -1.73. The molecule has 0 bridgehead atoms. The van der Waals surface area contributed by atoms with Crippen molar-refractivity contribution in [2.75, 3.05) is 6.61 Å². The molecule has 108 valence electrons. The summed E-state index contributed by atoms with van der Waals surface area (Å²) in [7, 11) is 0. The summed E-state index contributed by atoms with van der Waals surface area (Å²) in [5, 5.41) is 28.1. The third-order valence-electron chi connectivity index (χ3n) is 3.79. The molecule has 1 atom stereocenters. The fourth-order valence-corrected chi connectivity index (χ4v) is 2.65. The number of phenolic OH excluding ortho intramolecular Hbond substituents is 1. The monoisotopic (exact) mass is 275 g/mol. The Kier molecular flexibility index (Phi) is 5.25. The van der Waals surface area contributed by atoms with Crippen molar-refractivity contribution in [2.45, 2.75) is 44.6 Å². The molecule has 1 aromatic carbocycles. The van der Waals surface area contributed by atoms with Crippen LogP contribution in [0.1, 0.15) is 50.2 Å². The van der Waals surface area contributed by atoms with Crippen LogP contribution in [0.5, 0.6) is 11.5 Å². The van der Waals surface area contributed by atoms with Crippen molar-refractivity contribution in [3.05, 3.63) is 23.8 Å². The number of nitriles is 1. The van der Waals surface area contributed by atoms with E-state index < -0.39 is 6.10 Å². The van der Waals surface area contributed by atoms with Crippen molar-refractivity contribution in [1.29, 1.82) is 5.26 Å². The number of hydrogen-bond donors (Lipinski definition) is 2. The zero-order chi connectivity index (χ0) is 14.4. The van der Waals surface area contributed by atoms with Crippen molar-refractivity contribution in [2.24, 2.45) is 5.92 Å². The van der Waals surface area contributed by atoms with E-state index in [1.54, 1.807) is 12.1 Å². The summed E-state index contributed by atoms with van der Waals surface area (Å²) >= 11 is 0. The normalized spacial score (nSPS) is 17.4. The predicted molar refractivity (Wildman–Crippen MR) is 75.4 cm³/mol. The van der Waals surface area contributed by atoms with Crippen molar-refractivity contribution < 1.29 is 14.9 Å². The molecule has 0 amide bonds. The number of hydrogen-bond acceptors (Lipinski definition) is 4. The molecule has 0 aliphatic heterocycles. The van der Waals surface area contributed by atoms with Gasteiger partial charge in [-0.1, -0.05) is 19.3 Å². The zero-order valence-corrected chi connectivity index (χ0v) is 11.6. The van der Waals surface area contributed by atoms with E-state index >= 15 is 0 Å². The number of benzene rings is 1. The lowest BCUT2D eigenvalue weighted by atomic mass is 9.90. The second-order valence-electron chi connectivity index (χ2n) is 5.45. The van der Waals surface area contributed by atoms with Gasteiger partial charge in [0.15, 0.2) is 0 Å². The average molecular weight is 275 g/mol. The standard InChI is InChI=1S/C16H21NO3/c17-7-6-16(19)13-8-14(18)10-15(9-13)20-11-12-4-2-1-3-5-12/h8-10,12,16,18-19H,1-6,11H2/t16-/m1/s1. The zero-order valence-electron chi connectivity index (χ0n) is 11.6. The van der Waals surface area contributed by atoms with Gasteiger partial charge in [-0.15, -0.1) is 0 Å². The van der Waals surface area contributed by atoms with Gasteiger partial charge in [0.2, 0.25) is 0 Å². The SMILES string of the molecule is N#CC[C@@H](O)c1cc(O)cc(OCC2CCCCC2)c1. The minimum absolute atomic E-state index is 0.00547. The van der Waals surface area contributed by atoms with Gasteiger partial charge in [0.25, 0.3) is 0 Å². The Morgan fingerprint density at radius 1 is 1.25 bits per heavy atom. The van der Waals surface area contributed by atoms with E-state index in [1.807, 2.05) is 6.07 Å². The first-order valence-corrected chi connectivity index (χ1v) is 7.21. The molecule has 2 rings (SSSR count). The third kappa shape index (κ3) is 4.14. The van der Waals surface area contributed by atoms with Crippen LogP contribution < -0.4 is 4.74 Å². The third-order valence-corrected chi connectivity index (χ3v) is 3.79. The van der Waals surface area contributed by atoms with Gasteiger partial charge < -0.3 is 14.9 Å². The topological polar surface area (TPSA) is 73.5 Å². The summed E-state index contributed by atoms with van der Waals surface area (Å²) in [4.78, 5) is 0. The summed E-state index contributed by atoms with van der Waals surface area (Å²) in [6.07, 6.45) is 5.36. The van der Waals surface area contributed by atoms with Gasteiger partial charge in [-0.05, 0) is 36.5 Å². The molecule has 1 saturated carbocycles. The highest BCUT2D eigenvalue weighted by atomic mass is 16.5. The molecule has 0 radical (unpaired) electrons. The largest absolute Gasteiger partial charge is 0.508 e. The molecule has 0 unspecified atom stereocenters. The number of nitrogens with zero attached hydrogens (tertiary/aromatic N) is 1. The second kappa shape index (κ2) is 7.16. The molecule has 0 saturated heterocycles. The van der Waals surface area contributed by atoms with Crippen LogP contribution in [-0.4, -0.2) is 16.8 Å². The number of aliphatic hydroxyl groups excluding tert-OH is 1. The predicted octanol–water partition coefficient (Wildman–Crippen LogP) is 3.30. The Labute approximate surface area is 119 Å². The summed E-state index contributed by atoms with van der Waals surface area (Å²) in [6, 6.07) is 6.63. The Bertz CT molecular complexity index is 475. The number of rotatable bonds is 5. The smallest absolute Gasteiger partial charge is 0.123 e. The molecule has 1 aromatic rings. The van der Waals surface area contributed by atoms with Crippen LogP contribution >= 0.6 is 0 Å². The number of ether oxygens (including phenoxy) is 1. The molecule has 0 aromatic heterocycles. The lowest BCUT2D eigenvalue weighted by Gasteiger charge is -2.22. The second-order valence-corrected chi connectivity index (χ2v) is 5.45. The number of aliphatic hydroxyl groups is 1. The Balaban J connectivity index is 1.98. The first-order valence-electron chi connectivity index (χ1n) is 7.21. The molecule has 4 heteroatoms. The molecule has 20 heavy (non-hydrogen) atoms. The van der Waals surface area contributed by atoms with Gasteiger partial charge in [-0.25, -0.2) is 0 Å². The van der Waals surface area contributed by atoms with Crippen LogP contribution in [0, 0.1) is 17.2 Å². The lowest BCUT2D eigenvalue weighted by molar-refractivity contribution is 0.180. The van der Waals surface area contributed by atoms with Crippen LogP contribution in [0.3, 0.4) is 0 Å². The van der Waals surface area contributed by atoms with E-state index in [0.29, 0.717) is 23.8 Å². The maximum Gasteiger partial charge on any atom is 0.123 e. The van der Waals surface area contributed by atoms with E-state index in [1.165, 1.54) is 38.2 Å². The van der Waals surface area contributed by atoms with Gasteiger partial charge in [0.1, 0.15) is 11.5 Å². The molecular formula is C16H21NO3. The van der Waals surface area contributed by atoms with Crippen LogP contribution in [0.4, 0.5) is 0 Å². The van der Waals surface area contributed by atoms with Crippen molar-refractivity contribution in [3.8, 4) is 17.6 Å². The minimum Gasteiger partial charge on any atom is -0.508 e. The van der Waals surface area contributed by atoms with E-state index in [9.17, 15) is 10.2 Å². The Morgan fingerprint density at radius 3 is 2.70 bits per heavy atom. The molecule has 1 aliphatic rings. The molecule has 0 heterocycles. The highest BCUT2D eigenvalue weighted by Gasteiger charge is 2.15. The summed E-state index contributed by atoms with van der Waals surface area (Å²) in [5.74, 6) is 1.19. The van der Waals surface area contributed by atoms with E-state index in [2.05, 4.69) is 0 Å². The number of aromatic hydroxyl groups is 1. The highest BCUT2D eigenvalue weighted by Crippen LogP contribution is 2.29. The number of phenols is 1. The van der Waals surface area contributed by atoms with Crippen molar-refractivity contribution >= 4 is 0 Å². The average Bonchev–Trinajstić information content (AvgIpc) is 2.46. The fourth-order valence-electron chi connectivity index (χ4n) is 2.65. The molecule has 1 fully saturated rings. The van der Waals surface area contributed by atoms with Gasteiger partial charge in [0, 0.05) is 6.07 Å². The van der Waals surface area contributed by atoms with Gasteiger partial charge in [0.05, 0.1) is 25.2 Å². The summed E-state index contributed by atoms with van der Waals surface area (Å²) in [6.45, 7) is 0.650. The van der Waals surface area contributed by atoms with Crippen LogP contribution in [0.15, 0.2) is 18.2 Å². The summed E-state index contributed by atoms with van der Waals surface area (Å²) < 4.78 is 5.74. The maximum atomic E-state index is 9.80. The highest BCUT2D eigenvalue weighted by molar-refractivity contribution is 5.38. The quantitative estimate of drug-likeness (QED) is 0.864. The molecule has 4 nitrogen and oxygen atoms in total. The molecule has 0 spiro atoms. The maximum absolute atomic E-state index is 9.80. The fraction of sp³-hybridized carbons (Fsp3) is 0.562. The first kappa shape index (κ1) is 14.7. The van der Waals surface area contributed by atoms with Crippen LogP contribution in [-0.2, 0) is 0 Å². The van der Waals surface area contributed by atoms with Crippen LogP contribution in [0.25, 0.3) is 0 Å². The van der Waals surface area contributed by atoms with Crippen molar-refractivity contribution in [3.63, 3.8) is 0 Å². The van der Waals surface area contributed by atoms with Gasteiger partial charge in [-0.2, -0.15) is 5.26 Å². The first-order chi connectivity index (χ1) is 9.69. The lowest BCUT2D eigenvalue weighted by Crippen LogP contribution is -2.15. The minimum atomic E-state index is -0.885. The van der Waals surface area contributed by atoms with Crippen molar-refractivity contribution in [1.82, 2.24) is 0 Å². The van der Waals surface area contributed by atoms with E-state index in [-0.39, 0.29) is 12.2 Å². The van der Waals surface area contributed by atoms with E-state index in [0.717, 1.165) is 0 Å². The molecule has 1 aliphatic carbocycles.